The van der Waals surface area contributed by atoms with Crippen LogP contribution in [0.4, 0.5) is 10.2 Å². The molecule has 0 saturated carbocycles. The summed E-state index contributed by atoms with van der Waals surface area (Å²) in [7, 11) is 0. The molecule has 2 amide bonds. The Kier molecular flexibility index (Phi) is 8.57. The van der Waals surface area contributed by atoms with Crippen LogP contribution >= 0.6 is 11.6 Å². The standard InChI is InChI=1S/C26H24ClFN6O3/c27-20-9-8-17(24-21(28)7-4-11-30-24)15-19(20)25(35)32-23-16-22(26(36)31-12-14-37-13-10-29)33-34(23)18-5-2-1-3-6-18/h1-9,11,15-16H,10,12-14,29H2,(H,31,36)(H,32,35). The number of aromatic nitrogens is 3. The zero-order valence-corrected chi connectivity index (χ0v) is 20.4. The van der Waals surface area contributed by atoms with E-state index in [1.807, 2.05) is 6.07 Å². The third kappa shape index (κ3) is 6.36. The van der Waals surface area contributed by atoms with E-state index in [9.17, 15) is 14.0 Å². The summed E-state index contributed by atoms with van der Waals surface area (Å²) in [6, 6.07) is 17.8. The molecule has 0 atom stereocenters. The van der Waals surface area contributed by atoms with Crippen molar-refractivity contribution in [2.45, 2.75) is 0 Å². The van der Waals surface area contributed by atoms with Crippen LogP contribution in [0.1, 0.15) is 20.8 Å². The molecule has 0 aliphatic rings. The maximum absolute atomic E-state index is 14.3. The smallest absolute Gasteiger partial charge is 0.271 e. The highest BCUT2D eigenvalue weighted by atomic mass is 35.5. The van der Waals surface area contributed by atoms with Crippen molar-refractivity contribution in [1.82, 2.24) is 20.1 Å². The van der Waals surface area contributed by atoms with Crippen LogP contribution in [0.3, 0.4) is 0 Å². The van der Waals surface area contributed by atoms with Crippen molar-refractivity contribution < 1.29 is 18.7 Å². The molecule has 9 nitrogen and oxygen atoms in total. The Morgan fingerprint density at radius 3 is 2.59 bits per heavy atom. The van der Waals surface area contributed by atoms with Crippen LogP contribution in [0.5, 0.6) is 0 Å². The van der Waals surface area contributed by atoms with Crippen LogP contribution in [0.15, 0.2) is 72.9 Å². The lowest BCUT2D eigenvalue weighted by Crippen LogP contribution is -2.28. The lowest BCUT2D eigenvalue weighted by molar-refractivity contribution is 0.0914. The second kappa shape index (κ2) is 12.2. The van der Waals surface area contributed by atoms with Crippen molar-refractivity contribution in [3.05, 3.63) is 95.0 Å². The van der Waals surface area contributed by atoms with Crippen molar-refractivity contribution in [2.24, 2.45) is 5.73 Å². The van der Waals surface area contributed by atoms with Crippen molar-refractivity contribution in [1.29, 1.82) is 0 Å². The number of carbonyl (C=O) groups excluding carboxylic acids is 2. The van der Waals surface area contributed by atoms with Gasteiger partial charge in [-0.2, -0.15) is 5.10 Å². The normalized spacial score (nSPS) is 10.8. The first-order valence-corrected chi connectivity index (χ1v) is 11.8. The Morgan fingerprint density at radius 2 is 1.84 bits per heavy atom. The predicted molar refractivity (Wildman–Crippen MR) is 138 cm³/mol. The van der Waals surface area contributed by atoms with E-state index in [1.54, 1.807) is 30.3 Å². The topological polar surface area (TPSA) is 124 Å². The molecule has 37 heavy (non-hydrogen) atoms. The van der Waals surface area contributed by atoms with Crippen molar-refractivity contribution in [3.8, 4) is 16.9 Å². The van der Waals surface area contributed by atoms with Crippen LogP contribution < -0.4 is 16.4 Å². The number of hydrogen-bond donors (Lipinski definition) is 3. The van der Waals surface area contributed by atoms with Crippen molar-refractivity contribution in [3.63, 3.8) is 0 Å². The fourth-order valence-electron chi connectivity index (χ4n) is 3.49. The van der Waals surface area contributed by atoms with Crippen LogP contribution in [-0.4, -0.2) is 52.9 Å². The highest BCUT2D eigenvalue weighted by Gasteiger charge is 2.20. The average molecular weight is 523 g/mol. The summed E-state index contributed by atoms with van der Waals surface area (Å²) in [5, 5.41) is 10.0. The molecule has 4 aromatic rings. The molecule has 4 N–H and O–H groups in total. The second-order valence-electron chi connectivity index (χ2n) is 7.80. The molecule has 0 aliphatic carbocycles. The molecule has 0 spiro atoms. The molecular formula is C26H24ClFN6O3. The number of carbonyl (C=O) groups is 2. The lowest BCUT2D eigenvalue weighted by Gasteiger charge is -2.11. The molecular weight excluding hydrogens is 499 g/mol. The maximum Gasteiger partial charge on any atom is 0.271 e. The van der Waals surface area contributed by atoms with Gasteiger partial charge >= 0.3 is 0 Å². The number of para-hydroxylation sites is 1. The van der Waals surface area contributed by atoms with E-state index in [0.717, 1.165) is 0 Å². The summed E-state index contributed by atoms with van der Waals surface area (Å²) >= 11 is 6.31. The number of pyridine rings is 1. The van der Waals surface area contributed by atoms with Crippen LogP contribution in [0.25, 0.3) is 16.9 Å². The molecule has 190 valence electrons. The number of benzene rings is 2. The highest BCUT2D eigenvalue weighted by molar-refractivity contribution is 6.34. The fourth-order valence-corrected chi connectivity index (χ4v) is 3.69. The van der Waals surface area contributed by atoms with Gasteiger partial charge in [-0.05, 0) is 36.4 Å². The van der Waals surface area contributed by atoms with Gasteiger partial charge in [0, 0.05) is 30.9 Å². The number of ether oxygens (including phenoxy) is 1. The number of rotatable bonds is 10. The number of nitrogens with zero attached hydrogens (tertiary/aromatic N) is 3. The quantitative estimate of drug-likeness (QED) is 0.273. The molecule has 0 saturated heterocycles. The Hall–Kier alpha value is -4.12. The maximum atomic E-state index is 14.3. The van der Waals surface area contributed by atoms with E-state index in [0.29, 0.717) is 31.0 Å². The van der Waals surface area contributed by atoms with Crippen LogP contribution in [0.2, 0.25) is 5.02 Å². The molecule has 4 rings (SSSR count). The van der Waals surface area contributed by atoms with Gasteiger partial charge in [-0.15, -0.1) is 0 Å². The number of halogens is 2. The summed E-state index contributed by atoms with van der Waals surface area (Å²) < 4.78 is 21.0. The van der Waals surface area contributed by atoms with Gasteiger partial charge in [-0.3, -0.25) is 14.6 Å². The predicted octanol–water partition coefficient (Wildman–Crippen LogP) is 3.68. The Morgan fingerprint density at radius 1 is 1.03 bits per heavy atom. The third-order valence-corrected chi connectivity index (χ3v) is 5.55. The first kappa shape index (κ1) is 26.0. The van der Waals surface area contributed by atoms with E-state index in [4.69, 9.17) is 22.1 Å². The average Bonchev–Trinajstić information content (AvgIpc) is 3.33. The summed E-state index contributed by atoms with van der Waals surface area (Å²) in [4.78, 5) is 30.0. The lowest BCUT2D eigenvalue weighted by atomic mass is 10.1. The molecule has 11 heteroatoms. The van der Waals surface area contributed by atoms with E-state index < -0.39 is 17.6 Å². The monoisotopic (exact) mass is 522 g/mol. The van der Waals surface area contributed by atoms with Gasteiger partial charge < -0.3 is 21.1 Å². The minimum absolute atomic E-state index is 0.0911. The largest absolute Gasteiger partial charge is 0.378 e. The van der Waals surface area contributed by atoms with Gasteiger partial charge in [0.15, 0.2) is 5.69 Å². The van der Waals surface area contributed by atoms with Crippen LogP contribution in [-0.2, 0) is 4.74 Å². The SMILES string of the molecule is NCCOCCNC(=O)c1cc(NC(=O)c2cc(-c3ncccc3F)ccc2Cl)n(-c2ccccc2)n1. The second-order valence-corrected chi connectivity index (χ2v) is 8.21. The van der Waals surface area contributed by atoms with Gasteiger partial charge in [0.2, 0.25) is 0 Å². The van der Waals surface area contributed by atoms with Gasteiger partial charge in [0.05, 0.1) is 29.5 Å². The Labute approximate surface area is 217 Å². The van der Waals surface area contributed by atoms with Gasteiger partial charge in [-0.1, -0.05) is 35.9 Å². The minimum atomic E-state index is -0.567. The molecule has 2 aromatic carbocycles. The summed E-state index contributed by atoms with van der Waals surface area (Å²) in [6.07, 6.45) is 1.46. The Balaban J connectivity index is 1.60. The molecule has 0 bridgehead atoms. The van der Waals surface area contributed by atoms with E-state index in [1.165, 1.54) is 41.2 Å². The van der Waals surface area contributed by atoms with Gasteiger partial charge in [0.1, 0.15) is 17.3 Å². The molecule has 0 fully saturated rings. The number of hydrogen-bond acceptors (Lipinski definition) is 6. The summed E-state index contributed by atoms with van der Waals surface area (Å²) in [5.41, 5.74) is 6.69. The minimum Gasteiger partial charge on any atom is -0.378 e. The van der Waals surface area contributed by atoms with E-state index >= 15 is 0 Å². The van der Waals surface area contributed by atoms with Gasteiger partial charge in [-0.25, -0.2) is 9.07 Å². The van der Waals surface area contributed by atoms with E-state index in [-0.39, 0.29) is 34.3 Å². The number of nitrogens with one attached hydrogen (secondary N) is 2. The first-order chi connectivity index (χ1) is 18.0. The number of nitrogens with two attached hydrogens (primary N) is 1. The highest BCUT2D eigenvalue weighted by Crippen LogP contribution is 2.27. The van der Waals surface area contributed by atoms with Crippen LogP contribution in [0, 0.1) is 5.82 Å². The van der Waals surface area contributed by atoms with E-state index in [2.05, 4.69) is 20.7 Å². The zero-order chi connectivity index (χ0) is 26.2. The summed E-state index contributed by atoms with van der Waals surface area (Å²) in [5.74, 6) is -1.29. The Bertz CT molecular complexity index is 1400. The number of amides is 2. The van der Waals surface area contributed by atoms with Gasteiger partial charge in [0.25, 0.3) is 11.8 Å². The molecule has 2 aromatic heterocycles. The summed E-state index contributed by atoms with van der Waals surface area (Å²) in [6.45, 7) is 1.36. The molecule has 2 heterocycles. The molecule has 0 aliphatic heterocycles. The third-order valence-electron chi connectivity index (χ3n) is 5.22. The molecule has 0 unspecified atom stereocenters. The van der Waals surface area contributed by atoms with Crippen molar-refractivity contribution in [2.75, 3.05) is 31.6 Å². The zero-order valence-electron chi connectivity index (χ0n) is 19.7. The fraction of sp³-hybridized carbons (Fsp3) is 0.154. The molecule has 0 radical (unpaired) electrons. The number of anilines is 1. The first-order valence-electron chi connectivity index (χ1n) is 11.4. The van der Waals surface area contributed by atoms with Crippen molar-refractivity contribution >= 4 is 29.2 Å².